The van der Waals surface area contributed by atoms with Gasteiger partial charge in [-0.1, -0.05) is 0 Å². The molecule has 1 aliphatic heterocycles. The van der Waals surface area contributed by atoms with E-state index in [1.54, 1.807) is 23.3 Å². The van der Waals surface area contributed by atoms with Crippen LogP contribution in [0.3, 0.4) is 0 Å². The van der Waals surface area contributed by atoms with Crippen molar-refractivity contribution in [2.75, 3.05) is 26.2 Å². The lowest BCUT2D eigenvalue weighted by atomic mass is 9.97. The van der Waals surface area contributed by atoms with Crippen LogP contribution in [-0.2, 0) is 16.1 Å². The van der Waals surface area contributed by atoms with Gasteiger partial charge in [-0.15, -0.1) is 0 Å². The van der Waals surface area contributed by atoms with Gasteiger partial charge in [0.05, 0.1) is 18.4 Å². The molecule has 1 atom stereocenters. The Morgan fingerprint density at radius 2 is 2.08 bits per heavy atom. The van der Waals surface area contributed by atoms with Crippen LogP contribution in [0.5, 0.6) is 0 Å². The second kappa shape index (κ2) is 9.24. The Morgan fingerprint density at radius 3 is 2.85 bits per heavy atom. The number of hydrogen-bond acceptors (Lipinski definition) is 5. The van der Waals surface area contributed by atoms with Crippen molar-refractivity contribution < 1.29 is 23.2 Å². The topological polar surface area (TPSA) is 84.9 Å². The van der Waals surface area contributed by atoms with E-state index in [1.165, 1.54) is 6.26 Å². The SMILES string of the molecule is O=C(NCCCOCc1ccco1)[C@H]1CCCN(C(=O)c2ccco2)C1. The molecule has 0 unspecified atom stereocenters. The van der Waals surface area contributed by atoms with Gasteiger partial charge in [0, 0.05) is 26.2 Å². The highest BCUT2D eigenvalue weighted by atomic mass is 16.5. The van der Waals surface area contributed by atoms with Gasteiger partial charge in [-0.3, -0.25) is 9.59 Å². The standard InChI is InChI=1S/C19H24N2O5/c22-18(20-8-4-10-24-14-16-6-2-11-25-16)15-5-1-9-21(13-15)19(23)17-7-3-12-26-17/h2-3,6-7,11-12,15H,1,4-5,8-10,13-14H2,(H,20,22)/t15-/m0/s1. The predicted molar refractivity (Wildman–Crippen MR) is 93.3 cm³/mol. The third-order valence-electron chi connectivity index (χ3n) is 4.40. The predicted octanol–water partition coefficient (Wildman–Crippen LogP) is 2.45. The van der Waals surface area contributed by atoms with E-state index in [-0.39, 0.29) is 17.7 Å². The highest BCUT2D eigenvalue weighted by molar-refractivity contribution is 5.92. The second-order valence-corrected chi connectivity index (χ2v) is 6.34. The molecule has 0 spiro atoms. The molecule has 2 aromatic rings. The average Bonchev–Trinajstić information content (AvgIpc) is 3.37. The number of piperidine rings is 1. The molecular formula is C19H24N2O5. The van der Waals surface area contributed by atoms with E-state index in [1.807, 2.05) is 12.1 Å². The summed E-state index contributed by atoms with van der Waals surface area (Å²) in [6.45, 7) is 2.63. The monoisotopic (exact) mass is 360 g/mol. The van der Waals surface area contributed by atoms with E-state index in [4.69, 9.17) is 13.6 Å². The molecule has 0 saturated carbocycles. The summed E-state index contributed by atoms with van der Waals surface area (Å²) < 4.78 is 15.8. The van der Waals surface area contributed by atoms with Crippen LogP contribution in [0, 0.1) is 5.92 Å². The van der Waals surface area contributed by atoms with Crippen LogP contribution < -0.4 is 5.32 Å². The summed E-state index contributed by atoms with van der Waals surface area (Å²) in [5, 5.41) is 2.94. The Bertz CT molecular complexity index is 681. The van der Waals surface area contributed by atoms with Gasteiger partial charge in [0.15, 0.2) is 5.76 Å². The highest BCUT2D eigenvalue weighted by Crippen LogP contribution is 2.19. The van der Waals surface area contributed by atoms with Crippen molar-refractivity contribution in [1.29, 1.82) is 0 Å². The molecule has 3 heterocycles. The lowest BCUT2D eigenvalue weighted by Gasteiger charge is -2.31. The zero-order valence-corrected chi connectivity index (χ0v) is 14.7. The number of nitrogens with zero attached hydrogens (tertiary/aromatic N) is 1. The Kier molecular flexibility index (Phi) is 6.49. The van der Waals surface area contributed by atoms with Gasteiger partial charge >= 0.3 is 0 Å². The number of ether oxygens (including phenoxy) is 1. The van der Waals surface area contributed by atoms with E-state index < -0.39 is 0 Å². The molecule has 7 nitrogen and oxygen atoms in total. The van der Waals surface area contributed by atoms with Crippen LogP contribution in [0.25, 0.3) is 0 Å². The smallest absolute Gasteiger partial charge is 0.289 e. The van der Waals surface area contributed by atoms with E-state index in [9.17, 15) is 9.59 Å². The number of nitrogens with one attached hydrogen (secondary N) is 1. The highest BCUT2D eigenvalue weighted by Gasteiger charge is 2.29. The molecule has 3 rings (SSSR count). The number of carbonyl (C=O) groups is 2. The molecule has 0 radical (unpaired) electrons. The van der Waals surface area contributed by atoms with Gasteiger partial charge < -0.3 is 23.8 Å². The summed E-state index contributed by atoms with van der Waals surface area (Å²) in [6, 6.07) is 7.02. The first kappa shape index (κ1) is 18.3. The molecule has 1 N–H and O–H groups in total. The number of amides is 2. The molecule has 7 heteroatoms. The fourth-order valence-corrected chi connectivity index (χ4v) is 3.03. The summed E-state index contributed by atoms with van der Waals surface area (Å²) >= 11 is 0. The van der Waals surface area contributed by atoms with E-state index in [0.29, 0.717) is 38.6 Å². The Labute approximate surface area is 152 Å². The molecule has 1 saturated heterocycles. The summed E-state index contributed by atoms with van der Waals surface area (Å²) in [7, 11) is 0. The quantitative estimate of drug-likeness (QED) is 0.731. The first-order valence-corrected chi connectivity index (χ1v) is 8.94. The van der Waals surface area contributed by atoms with E-state index >= 15 is 0 Å². The first-order valence-electron chi connectivity index (χ1n) is 8.94. The average molecular weight is 360 g/mol. The van der Waals surface area contributed by atoms with Gasteiger partial charge in [0.2, 0.25) is 5.91 Å². The third-order valence-corrected chi connectivity index (χ3v) is 4.40. The van der Waals surface area contributed by atoms with Crippen molar-refractivity contribution >= 4 is 11.8 Å². The van der Waals surface area contributed by atoms with Gasteiger partial charge in [0.25, 0.3) is 5.91 Å². The minimum Gasteiger partial charge on any atom is -0.467 e. The summed E-state index contributed by atoms with van der Waals surface area (Å²) in [4.78, 5) is 26.4. The largest absolute Gasteiger partial charge is 0.467 e. The number of likely N-dealkylation sites (tertiary alicyclic amines) is 1. The van der Waals surface area contributed by atoms with Gasteiger partial charge in [-0.2, -0.15) is 0 Å². The van der Waals surface area contributed by atoms with Crippen molar-refractivity contribution in [2.24, 2.45) is 5.92 Å². The van der Waals surface area contributed by atoms with Crippen molar-refractivity contribution in [1.82, 2.24) is 10.2 Å². The molecule has 2 aromatic heterocycles. The summed E-state index contributed by atoms with van der Waals surface area (Å²) in [6.07, 6.45) is 5.44. The second-order valence-electron chi connectivity index (χ2n) is 6.34. The maximum atomic E-state index is 12.3. The first-order chi connectivity index (χ1) is 12.7. The van der Waals surface area contributed by atoms with Crippen molar-refractivity contribution in [3.05, 3.63) is 48.3 Å². The zero-order chi connectivity index (χ0) is 18.2. The summed E-state index contributed by atoms with van der Waals surface area (Å²) in [5.41, 5.74) is 0. The van der Waals surface area contributed by atoms with Crippen LogP contribution in [0.4, 0.5) is 0 Å². The van der Waals surface area contributed by atoms with Crippen molar-refractivity contribution in [3.63, 3.8) is 0 Å². The third kappa shape index (κ3) is 4.98. The maximum Gasteiger partial charge on any atom is 0.289 e. The van der Waals surface area contributed by atoms with E-state index in [2.05, 4.69) is 5.32 Å². The molecule has 26 heavy (non-hydrogen) atoms. The lowest BCUT2D eigenvalue weighted by Crippen LogP contribution is -2.45. The van der Waals surface area contributed by atoms with Crippen molar-refractivity contribution in [3.8, 4) is 0 Å². The zero-order valence-electron chi connectivity index (χ0n) is 14.7. The molecule has 140 valence electrons. The van der Waals surface area contributed by atoms with Crippen LogP contribution in [0.2, 0.25) is 0 Å². The fourth-order valence-electron chi connectivity index (χ4n) is 3.03. The maximum absolute atomic E-state index is 12.3. The number of carbonyl (C=O) groups excluding carboxylic acids is 2. The molecular weight excluding hydrogens is 336 g/mol. The van der Waals surface area contributed by atoms with Gasteiger partial charge in [-0.05, 0) is 43.5 Å². The van der Waals surface area contributed by atoms with Crippen LogP contribution >= 0.6 is 0 Å². The van der Waals surface area contributed by atoms with Gasteiger partial charge in [0.1, 0.15) is 12.4 Å². The minimum absolute atomic E-state index is 0.00650. The lowest BCUT2D eigenvalue weighted by molar-refractivity contribution is -0.126. The molecule has 0 aliphatic carbocycles. The summed E-state index contributed by atoms with van der Waals surface area (Å²) in [5.74, 6) is 0.774. The Balaban J connectivity index is 1.34. The Hall–Kier alpha value is -2.54. The number of furan rings is 2. The molecule has 2 amide bonds. The van der Waals surface area contributed by atoms with Gasteiger partial charge in [-0.25, -0.2) is 0 Å². The van der Waals surface area contributed by atoms with Crippen LogP contribution in [-0.4, -0.2) is 43.0 Å². The number of hydrogen-bond donors (Lipinski definition) is 1. The Morgan fingerprint density at radius 1 is 1.23 bits per heavy atom. The minimum atomic E-state index is -0.174. The fraction of sp³-hybridized carbons (Fsp3) is 0.474. The van der Waals surface area contributed by atoms with Crippen LogP contribution in [0.1, 0.15) is 35.6 Å². The number of rotatable bonds is 8. The molecule has 0 bridgehead atoms. The van der Waals surface area contributed by atoms with E-state index in [0.717, 1.165) is 25.0 Å². The molecule has 1 aliphatic rings. The molecule has 1 fully saturated rings. The normalized spacial score (nSPS) is 17.2. The van der Waals surface area contributed by atoms with Crippen molar-refractivity contribution in [2.45, 2.75) is 25.9 Å². The molecule has 0 aromatic carbocycles. The van der Waals surface area contributed by atoms with Crippen LogP contribution in [0.15, 0.2) is 45.6 Å².